The molecule has 2 aliphatic rings. The lowest BCUT2D eigenvalue weighted by Crippen LogP contribution is -2.51. The normalized spacial score (nSPS) is 24.6. The van der Waals surface area contributed by atoms with Crippen LogP contribution in [0.5, 0.6) is 5.75 Å². The van der Waals surface area contributed by atoms with Gasteiger partial charge >= 0.3 is 6.36 Å². The van der Waals surface area contributed by atoms with Crippen LogP contribution in [0.25, 0.3) is 0 Å². The minimum atomic E-state index is -4.71. The van der Waals surface area contributed by atoms with Gasteiger partial charge < -0.3 is 20.7 Å². The highest BCUT2D eigenvalue weighted by atomic mass is 127. The molecule has 3 rings (SSSR count). The van der Waals surface area contributed by atoms with Gasteiger partial charge in [0.15, 0.2) is 5.96 Å². The second-order valence-electron chi connectivity index (χ2n) is 6.69. The average Bonchev–Trinajstić information content (AvgIpc) is 3.35. The van der Waals surface area contributed by atoms with Gasteiger partial charge in [0.2, 0.25) is 5.91 Å². The molecule has 1 heterocycles. The molecule has 0 bridgehead atoms. The van der Waals surface area contributed by atoms with Crippen LogP contribution in [0.4, 0.5) is 13.2 Å². The first-order chi connectivity index (χ1) is 12.9. The van der Waals surface area contributed by atoms with Crippen LogP contribution in [0.2, 0.25) is 0 Å². The minimum Gasteiger partial charge on any atom is -0.405 e. The second-order valence-corrected chi connectivity index (χ2v) is 6.69. The van der Waals surface area contributed by atoms with Gasteiger partial charge in [-0.05, 0) is 31.4 Å². The lowest BCUT2D eigenvalue weighted by molar-refractivity contribution is -0.274. The number of carbonyl (C=O) groups is 1. The number of ether oxygens (including phenoxy) is 1. The van der Waals surface area contributed by atoms with E-state index in [4.69, 9.17) is 0 Å². The van der Waals surface area contributed by atoms with Crippen molar-refractivity contribution in [2.24, 2.45) is 4.99 Å². The number of hydrogen-bond acceptors (Lipinski definition) is 3. The molecule has 1 amide bonds. The van der Waals surface area contributed by atoms with Crippen molar-refractivity contribution in [2.75, 3.05) is 13.1 Å². The lowest BCUT2D eigenvalue weighted by atomic mass is 10.1. The van der Waals surface area contributed by atoms with Crippen LogP contribution in [0.1, 0.15) is 37.7 Å². The molecule has 0 spiro atoms. The highest BCUT2D eigenvalue weighted by molar-refractivity contribution is 14.0. The lowest BCUT2D eigenvalue weighted by Gasteiger charge is -2.25. The Morgan fingerprint density at radius 1 is 1.32 bits per heavy atom. The molecule has 3 atom stereocenters. The number of alkyl halides is 3. The van der Waals surface area contributed by atoms with E-state index >= 15 is 0 Å². The Bertz CT molecular complexity index is 704. The van der Waals surface area contributed by atoms with Gasteiger partial charge in [0.05, 0.1) is 0 Å². The van der Waals surface area contributed by atoms with Gasteiger partial charge in [-0.25, -0.2) is 0 Å². The van der Waals surface area contributed by atoms with Gasteiger partial charge in [0.1, 0.15) is 5.75 Å². The van der Waals surface area contributed by atoms with Gasteiger partial charge in [0, 0.05) is 37.5 Å². The molecule has 1 aromatic carbocycles. The maximum Gasteiger partial charge on any atom is 0.573 e. The zero-order valence-corrected chi connectivity index (χ0v) is 17.7. The summed E-state index contributed by atoms with van der Waals surface area (Å²) < 4.78 is 42.0. The van der Waals surface area contributed by atoms with Gasteiger partial charge in [-0.2, -0.15) is 0 Å². The highest BCUT2D eigenvalue weighted by Crippen LogP contribution is 2.45. The van der Waals surface area contributed by atoms with Crippen molar-refractivity contribution >= 4 is 35.8 Å². The van der Waals surface area contributed by atoms with Gasteiger partial charge in [-0.15, -0.1) is 37.1 Å². The Morgan fingerprint density at radius 3 is 2.71 bits per heavy atom. The monoisotopic (exact) mass is 512 g/mol. The van der Waals surface area contributed by atoms with Gasteiger partial charge in [-0.1, -0.05) is 18.2 Å². The molecule has 1 saturated heterocycles. The Morgan fingerprint density at radius 2 is 2.07 bits per heavy atom. The molecular formula is C18H24F3IN4O2. The third kappa shape index (κ3) is 6.42. The van der Waals surface area contributed by atoms with Crippen molar-refractivity contribution in [3.05, 3.63) is 29.8 Å². The summed E-state index contributed by atoms with van der Waals surface area (Å²) in [6.45, 7) is 3.00. The molecule has 1 aliphatic heterocycles. The first kappa shape index (κ1) is 22.6. The molecule has 3 N–H and O–H groups in total. The molecule has 0 radical (unpaired) electrons. The minimum absolute atomic E-state index is 0. The maximum absolute atomic E-state index is 12.6. The van der Waals surface area contributed by atoms with Crippen LogP contribution < -0.4 is 20.7 Å². The third-order valence-electron chi connectivity index (χ3n) is 4.58. The number of halogens is 4. The number of aliphatic imine (C=N–C) groups is 1. The van der Waals surface area contributed by atoms with E-state index in [2.05, 4.69) is 25.7 Å². The number of hydrogen-bond donors (Lipinski definition) is 3. The summed E-state index contributed by atoms with van der Waals surface area (Å²) in [5, 5.41) is 9.37. The molecule has 10 heteroatoms. The number of carbonyl (C=O) groups excluding carboxylic acids is 1. The fourth-order valence-electron chi connectivity index (χ4n) is 3.22. The van der Waals surface area contributed by atoms with E-state index in [-0.39, 0.29) is 53.6 Å². The van der Waals surface area contributed by atoms with E-state index in [1.807, 2.05) is 6.92 Å². The Hall–Kier alpha value is -1.72. The molecule has 2 fully saturated rings. The first-order valence-corrected chi connectivity index (χ1v) is 9.04. The van der Waals surface area contributed by atoms with E-state index in [9.17, 15) is 18.0 Å². The zero-order valence-electron chi connectivity index (χ0n) is 15.4. The summed E-state index contributed by atoms with van der Waals surface area (Å²) in [4.78, 5) is 15.7. The number of nitrogens with zero attached hydrogens (tertiary/aromatic N) is 1. The third-order valence-corrected chi connectivity index (χ3v) is 4.58. The summed E-state index contributed by atoms with van der Waals surface area (Å²) >= 11 is 0. The number of para-hydroxylation sites is 1. The summed E-state index contributed by atoms with van der Waals surface area (Å²) in [6.07, 6.45) is -2.84. The van der Waals surface area contributed by atoms with Crippen molar-refractivity contribution < 1.29 is 22.7 Å². The summed E-state index contributed by atoms with van der Waals surface area (Å²) in [7, 11) is 0. The number of nitrogens with one attached hydrogen (secondary N) is 3. The molecule has 28 heavy (non-hydrogen) atoms. The van der Waals surface area contributed by atoms with Crippen LogP contribution in [0.15, 0.2) is 29.3 Å². The fourth-order valence-corrected chi connectivity index (χ4v) is 3.22. The van der Waals surface area contributed by atoms with Gasteiger partial charge in [0.25, 0.3) is 0 Å². The quantitative estimate of drug-likeness (QED) is 0.323. The van der Waals surface area contributed by atoms with E-state index in [1.54, 1.807) is 12.1 Å². The number of benzene rings is 1. The number of guanidine groups is 1. The van der Waals surface area contributed by atoms with Crippen molar-refractivity contribution in [1.82, 2.24) is 16.0 Å². The summed E-state index contributed by atoms with van der Waals surface area (Å²) in [5.74, 6) is 0.425. The van der Waals surface area contributed by atoms with E-state index in [0.717, 1.165) is 0 Å². The summed E-state index contributed by atoms with van der Waals surface area (Å²) in [5.41, 5.74) is 0.535. The standard InChI is InChI=1S/C18H23F3N4O2.HI/c1-2-22-17(24-11-7-8-16(26)23-10-11)25-14-9-13(14)12-5-3-4-6-15(12)27-18(19,20)21;/h3-6,11,13-14H,2,7-10H2,1H3,(H,23,26)(H2,22,24,25);1H. The van der Waals surface area contributed by atoms with E-state index < -0.39 is 6.36 Å². The van der Waals surface area contributed by atoms with Crippen LogP contribution in [-0.4, -0.2) is 43.4 Å². The maximum atomic E-state index is 12.6. The molecule has 1 aliphatic carbocycles. The van der Waals surface area contributed by atoms with Gasteiger partial charge in [-0.3, -0.25) is 9.79 Å². The predicted molar refractivity (Wildman–Crippen MR) is 110 cm³/mol. The Balaban J connectivity index is 0.00000280. The second kappa shape index (κ2) is 9.66. The molecule has 0 aromatic heterocycles. The molecule has 6 nitrogen and oxygen atoms in total. The van der Waals surface area contributed by atoms with Crippen molar-refractivity contribution in [2.45, 2.75) is 50.6 Å². The first-order valence-electron chi connectivity index (χ1n) is 9.04. The SMILES string of the molecule is CCN=C(NC1CCC(=O)NC1)NC1CC1c1ccccc1OC(F)(F)F.I. The smallest absolute Gasteiger partial charge is 0.405 e. The van der Waals surface area contributed by atoms with E-state index in [1.165, 1.54) is 12.1 Å². The van der Waals surface area contributed by atoms with Crippen molar-refractivity contribution in [1.29, 1.82) is 0 Å². The highest BCUT2D eigenvalue weighted by Gasteiger charge is 2.42. The van der Waals surface area contributed by atoms with E-state index in [0.29, 0.717) is 43.9 Å². The van der Waals surface area contributed by atoms with Crippen LogP contribution in [0, 0.1) is 0 Å². The molecule has 3 unspecified atom stereocenters. The molecular weight excluding hydrogens is 488 g/mol. The van der Waals surface area contributed by atoms with Crippen molar-refractivity contribution in [3.63, 3.8) is 0 Å². The summed E-state index contributed by atoms with van der Waals surface area (Å²) in [6, 6.07) is 6.30. The largest absolute Gasteiger partial charge is 0.573 e. The Kier molecular flexibility index (Phi) is 7.79. The van der Waals surface area contributed by atoms with Crippen LogP contribution in [0.3, 0.4) is 0 Å². The molecule has 156 valence electrons. The van der Waals surface area contributed by atoms with Crippen molar-refractivity contribution in [3.8, 4) is 5.75 Å². The van der Waals surface area contributed by atoms with Crippen LogP contribution >= 0.6 is 24.0 Å². The number of rotatable bonds is 5. The zero-order chi connectivity index (χ0) is 19.4. The molecule has 1 saturated carbocycles. The fraction of sp³-hybridized carbons (Fsp3) is 0.556. The topological polar surface area (TPSA) is 74.8 Å². The number of amides is 1. The van der Waals surface area contributed by atoms with Crippen LogP contribution in [-0.2, 0) is 4.79 Å². The predicted octanol–water partition coefficient (Wildman–Crippen LogP) is 2.89. The molecule has 1 aromatic rings. The number of piperidine rings is 1. The average molecular weight is 512 g/mol. The Labute approximate surface area is 178 Å².